The van der Waals surface area contributed by atoms with Crippen molar-refractivity contribution in [1.29, 1.82) is 0 Å². The van der Waals surface area contributed by atoms with E-state index in [-0.39, 0.29) is 5.75 Å². The molecule has 2 rings (SSSR count). The van der Waals surface area contributed by atoms with Crippen LogP contribution in [-0.4, -0.2) is 24.2 Å². The number of hydrogen-bond donors (Lipinski definition) is 3. The first-order valence-electron chi connectivity index (χ1n) is 4.32. The van der Waals surface area contributed by atoms with E-state index >= 15 is 0 Å². The highest BCUT2D eigenvalue weighted by Crippen LogP contribution is 2.35. The molecule has 0 unspecified atom stereocenters. The van der Waals surface area contributed by atoms with Crippen molar-refractivity contribution in [2.75, 3.05) is 18.4 Å². The average Bonchev–Trinajstić information content (AvgIpc) is 1.98. The number of hydrogen-bond acceptors (Lipinski definition) is 3. The molecule has 1 heterocycles. The molecule has 1 aromatic rings. The number of nitrogens with one attached hydrogen (secondary N) is 2. The SMILES string of the molecule is Oc1cc(Cl)cc(Br)c1NC1CNC1. The van der Waals surface area contributed by atoms with E-state index in [1.54, 1.807) is 6.07 Å². The van der Waals surface area contributed by atoms with Gasteiger partial charge in [0.1, 0.15) is 5.75 Å². The zero-order chi connectivity index (χ0) is 10.1. The molecule has 1 aliphatic rings. The first kappa shape index (κ1) is 10.1. The molecule has 0 amide bonds. The van der Waals surface area contributed by atoms with Crippen LogP contribution in [0.4, 0.5) is 5.69 Å². The van der Waals surface area contributed by atoms with E-state index < -0.39 is 0 Å². The van der Waals surface area contributed by atoms with E-state index in [9.17, 15) is 5.11 Å². The Morgan fingerprint density at radius 3 is 2.71 bits per heavy atom. The average molecular weight is 278 g/mol. The minimum atomic E-state index is 0.177. The fourth-order valence-corrected chi connectivity index (χ4v) is 2.21. The van der Waals surface area contributed by atoms with Gasteiger partial charge >= 0.3 is 0 Å². The highest BCUT2D eigenvalue weighted by molar-refractivity contribution is 9.10. The predicted molar refractivity (Wildman–Crippen MR) is 61.1 cm³/mol. The highest BCUT2D eigenvalue weighted by atomic mass is 79.9. The summed E-state index contributed by atoms with van der Waals surface area (Å²) < 4.78 is 0.786. The molecule has 0 bridgehead atoms. The van der Waals surface area contributed by atoms with Crippen LogP contribution in [0.15, 0.2) is 16.6 Å². The van der Waals surface area contributed by atoms with Gasteiger partial charge in [0.2, 0.25) is 0 Å². The van der Waals surface area contributed by atoms with E-state index in [2.05, 4.69) is 26.6 Å². The van der Waals surface area contributed by atoms with E-state index in [1.807, 2.05) is 0 Å². The van der Waals surface area contributed by atoms with Crippen molar-refractivity contribution < 1.29 is 5.11 Å². The number of halogens is 2. The quantitative estimate of drug-likeness (QED) is 0.726. The molecular weight excluding hydrogens is 267 g/mol. The van der Waals surface area contributed by atoms with Crippen LogP contribution < -0.4 is 10.6 Å². The van der Waals surface area contributed by atoms with Gasteiger partial charge in [-0.15, -0.1) is 0 Å². The zero-order valence-electron chi connectivity index (χ0n) is 7.35. The highest BCUT2D eigenvalue weighted by Gasteiger charge is 2.19. The maximum atomic E-state index is 9.64. The number of phenols is 1. The fourth-order valence-electron chi connectivity index (χ4n) is 1.30. The third-order valence-corrected chi connectivity index (χ3v) is 3.01. The summed E-state index contributed by atoms with van der Waals surface area (Å²) >= 11 is 9.13. The second-order valence-corrected chi connectivity index (χ2v) is 4.57. The first-order valence-corrected chi connectivity index (χ1v) is 5.49. The van der Waals surface area contributed by atoms with Gasteiger partial charge < -0.3 is 15.7 Å². The first-order chi connectivity index (χ1) is 6.66. The van der Waals surface area contributed by atoms with Gasteiger partial charge in [0.05, 0.1) is 11.7 Å². The minimum absolute atomic E-state index is 0.177. The van der Waals surface area contributed by atoms with E-state index in [1.165, 1.54) is 6.07 Å². The van der Waals surface area contributed by atoms with Crippen molar-refractivity contribution in [2.45, 2.75) is 6.04 Å². The molecule has 1 aliphatic heterocycles. The van der Waals surface area contributed by atoms with E-state index in [0.717, 1.165) is 17.6 Å². The van der Waals surface area contributed by atoms with E-state index in [0.29, 0.717) is 16.8 Å². The second-order valence-electron chi connectivity index (χ2n) is 3.28. The van der Waals surface area contributed by atoms with Crippen LogP contribution >= 0.6 is 27.5 Å². The van der Waals surface area contributed by atoms with Crippen LogP contribution in [0, 0.1) is 0 Å². The largest absolute Gasteiger partial charge is 0.506 e. The third-order valence-electron chi connectivity index (χ3n) is 2.16. The van der Waals surface area contributed by atoms with Gasteiger partial charge in [-0.3, -0.25) is 0 Å². The van der Waals surface area contributed by atoms with E-state index in [4.69, 9.17) is 11.6 Å². The molecule has 14 heavy (non-hydrogen) atoms. The fraction of sp³-hybridized carbons (Fsp3) is 0.333. The Morgan fingerprint density at radius 1 is 1.50 bits per heavy atom. The summed E-state index contributed by atoms with van der Waals surface area (Å²) in [5.41, 5.74) is 0.709. The van der Waals surface area contributed by atoms with Crippen molar-refractivity contribution in [2.24, 2.45) is 0 Å². The lowest BCUT2D eigenvalue weighted by atomic mass is 10.1. The maximum Gasteiger partial charge on any atom is 0.141 e. The lowest BCUT2D eigenvalue weighted by Gasteiger charge is -2.29. The summed E-state index contributed by atoms with van der Waals surface area (Å²) in [7, 11) is 0. The zero-order valence-corrected chi connectivity index (χ0v) is 9.69. The lowest BCUT2D eigenvalue weighted by molar-refractivity contribution is 0.457. The van der Waals surface area contributed by atoms with Crippen LogP contribution in [0.5, 0.6) is 5.75 Å². The Labute approximate surface area is 95.6 Å². The lowest BCUT2D eigenvalue weighted by Crippen LogP contribution is -2.51. The molecule has 0 saturated carbocycles. The number of aromatic hydroxyl groups is 1. The summed E-state index contributed by atoms with van der Waals surface area (Å²) in [6.07, 6.45) is 0. The molecule has 0 aromatic heterocycles. The van der Waals surface area contributed by atoms with Crippen LogP contribution in [0.1, 0.15) is 0 Å². The third kappa shape index (κ3) is 1.97. The van der Waals surface area contributed by atoms with Gasteiger partial charge in [-0.05, 0) is 22.0 Å². The number of anilines is 1. The predicted octanol–water partition coefficient (Wildman–Crippen LogP) is 2.19. The van der Waals surface area contributed by atoms with Gasteiger partial charge in [-0.2, -0.15) is 0 Å². The van der Waals surface area contributed by atoms with Crippen molar-refractivity contribution in [3.8, 4) is 5.75 Å². The van der Waals surface area contributed by atoms with Gasteiger partial charge in [0.25, 0.3) is 0 Å². The Hall–Kier alpha value is -0.450. The van der Waals surface area contributed by atoms with Crippen LogP contribution in [0.2, 0.25) is 5.02 Å². The Balaban J connectivity index is 2.22. The van der Waals surface area contributed by atoms with Crippen molar-refractivity contribution >= 4 is 33.2 Å². The molecule has 0 atom stereocenters. The molecular formula is C9H10BrClN2O. The maximum absolute atomic E-state index is 9.64. The molecule has 0 radical (unpaired) electrons. The molecule has 5 heteroatoms. The summed E-state index contributed by atoms with van der Waals surface area (Å²) in [6, 6.07) is 3.68. The monoisotopic (exact) mass is 276 g/mol. The standard InChI is InChI=1S/C9H10BrClN2O/c10-7-1-5(11)2-8(14)9(7)13-6-3-12-4-6/h1-2,6,12-14H,3-4H2. The number of benzene rings is 1. The summed E-state index contributed by atoms with van der Waals surface area (Å²) in [6.45, 7) is 1.85. The molecule has 1 aromatic carbocycles. The molecule has 0 spiro atoms. The van der Waals surface area contributed by atoms with Gasteiger partial charge in [-0.1, -0.05) is 11.6 Å². The number of phenolic OH excluding ortho intramolecular Hbond substituents is 1. The topological polar surface area (TPSA) is 44.3 Å². The second kappa shape index (κ2) is 3.96. The van der Waals surface area contributed by atoms with Crippen LogP contribution in [-0.2, 0) is 0 Å². The Bertz CT molecular complexity index is 332. The molecule has 3 N–H and O–H groups in total. The summed E-state index contributed by atoms with van der Waals surface area (Å²) in [5.74, 6) is 0.177. The smallest absolute Gasteiger partial charge is 0.141 e. The van der Waals surface area contributed by atoms with Gasteiger partial charge in [0.15, 0.2) is 0 Å². The van der Waals surface area contributed by atoms with Gasteiger partial charge in [0, 0.05) is 28.7 Å². The molecule has 1 saturated heterocycles. The summed E-state index contributed by atoms with van der Waals surface area (Å²) in [4.78, 5) is 0. The molecule has 3 nitrogen and oxygen atoms in total. The molecule has 76 valence electrons. The Kier molecular flexibility index (Phi) is 2.85. The van der Waals surface area contributed by atoms with Gasteiger partial charge in [-0.25, -0.2) is 0 Å². The van der Waals surface area contributed by atoms with Crippen molar-refractivity contribution in [1.82, 2.24) is 5.32 Å². The minimum Gasteiger partial charge on any atom is -0.506 e. The normalized spacial score (nSPS) is 16.4. The van der Waals surface area contributed by atoms with Crippen molar-refractivity contribution in [3.63, 3.8) is 0 Å². The summed E-state index contributed by atoms with van der Waals surface area (Å²) in [5, 5.41) is 16.5. The number of rotatable bonds is 2. The molecule has 1 fully saturated rings. The van der Waals surface area contributed by atoms with Crippen molar-refractivity contribution in [3.05, 3.63) is 21.6 Å². The Morgan fingerprint density at radius 2 is 2.21 bits per heavy atom. The van der Waals surface area contributed by atoms with Crippen LogP contribution in [0.25, 0.3) is 0 Å². The van der Waals surface area contributed by atoms with Crippen LogP contribution in [0.3, 0.4) is 0 Å². The molecule has 0 aliphatic carbocycles.